The molecule has 138 valence electrons. The maximum Gasteiger partial charge on any atom is 0.231 e. The second-order valence-electron chi connectivity index (χ2n) is 7.11. The smallest absolute Gasteiger partial charge is 0.231 e. The second-order valence-corrected chi connectivity index (χ2v) is 7.11. The molecule has 0 bridgehead atoms. The van der Waals surface area contributed by atoms with Gasteiger partial charge in [-0.15, -0.1) is 0 Å². The van der Waals surface area contributed by atoms with Crippen LogP contribution in [0.4, 0.5) is 5.95 Å². The van der Waals surface area contributed by atoms with Crippen molar-refractivity contribution in [3.63, 3.8) is 0 Å². The molecule has 3 aromatic rings. The van der Waals surface area contributed by atoms with Crippen molar-refractivity contribution in [2.75, 3.05) is 4.90 Å². The minimum absolute atomic E-state index is 0.0479. The van der Waals surface area contributed by atoms with E-state index in [0.717, 1.165) is 18.4 Å². The van der Waals surface area contributed by atoms with Gasteiger partial charge in [-0.1, -0.05) is 67.1 Å². The quantitative estimate of drug-likeness (QED) is 0.690. The largest absolute Gasteiger partial charge is 0.274 e. The van der Waals surface area contributed by atoms with Crippen molar-refractivity contribution < 1.29 is 4.79 Å². The van der Waals surface area contributed by atoms with Gasteiger partial charge in [0.2, 0.25) is 11.9 Å². The molecule has 0 fully saturated rings. The Morgan fingerprint density at radius 3 is 2.44 bits per heavy atom. The highest BCUT2D eigenvalue weighted by Gasteiger charge is 2.38. The first kappa shape index (κ1) is 17.5. The van der Waals surface area contributed by atoms with Gasteiger partial charge >= 0.3 is 0 Å². The summed E-state index contributed by atoms with van der Waals surface area (Å²) in [7, 11) is 0. The predicted octanol–water partition coefficient (Wildman–Crippen LogP) is 4.45. The Morgan fingerprint density at radius 1 is 1.04 bits per heavy atom. The molecule has 0 spiro atoms. The minimum atomic E-state index is -0.0479. The lowest BCUT2D eigenvalue weighted by atomic mass is 9.91. The second kappa shape index (κ2) is 7.35. The molecule has 2 heterocycles. The van der Waals surface area contributed by atoms with E-state index >= 15 is 0 Å². The van der Waals surface area contributed by atoms with E-state index in [2.05, 4.69) is 53.4 Å². The summed E-state index contributed by atoms with van der Waals surface area (Å²) in [6.45, 7) is 4.11. The SMILES string of the molecule is CCCC(=O)N1c2ncnn2[C@H](c2ccc(C)cc2)C[C@@H]1c1ccccc1. The molecule has 1 aromatic heterocycles. The summed E-state index contributed by atoms with van der Waals surface area (Å²) in [5, 5.41) is 4.47. The van der Waals surface area contributed by atoms with Crippen LogP contribution in [0.2, 0.25) is 0 Å². The molecule has 0 saturated carbocycles. The molecule has 4 rings (SSSR count). The van der Waals surface area contributed by atoms with E-state index < -0.39 is 0 Å². The van der Waals surface area contributed by atoms with Gasteiger partial charge in [0, 0.05) is 6.42 Å². The Hall–Kier alpha value is -2.95. The highest BCUT2D eigenvalue weighted by molar-refractivity contribution is 5.92. The summed E-state index contributed by atoms with van der Waals surface area (Å²) in [5.74, 6) is 0.738. The normalized spacial score (nSPS) is 19.0. The van der Waals surface area contributed by atoms with Gasteiger partial charge in [0.25, 0.3) is 0 Å². The number of fused-ring (bicyclic) bond motifs is 1. The van der Waals surface area contributed by atoms with Gasteiger partial charge in [0.15, 0.2) is 0 Å². The molecule has 0 unspecified atom stereocenters. The Morgan fingerprint density at radius 2 is 1.74 bits per heavy atom. The molecule has 0 radical (unpaired) electrons. The molecule has 2 atom stereocenters. The highest BCUT2D eigenvalue weighted by Crippen LogP contribution is 2.42. The lowest BCUT2D eigenvalue weighted by Gasteiger charge is -2.39. The summed E-state index contributed by atoms with van der Waals surface area (Å²) in [6, 6.07) is 18.8. The predicted molar refractivity (Wildman–Crippen MR) is 106 cm³/mol. The van der Waals surface area contributed by atoms with Crippen LogP contribution in [0.1, 0.15) is 55.0 Å². The first-order valence-electron chi connectivity index (χ1n) is 9.52. The van der Waals surface area contributed by atoms with Crippen LogP contribution in [-0.2, 0) is 4.79 Å². The van der Waals surface area contributed by atoms with Crippen molar-refractivity contribution in [1.29, 1.82) is 0 Å². The van der Waals surface area contributed by atoms with Crippen LogP contribution in [0.25, 0.3) is 0 Å². The Kier molecular flexibility index (Phi) is 4.75. The highest BCUT2D eigenvalue weighted by atomic mass is 16.2. The number of amides is 1. The zero-order valence-corrected chi connectivity index (χ0v) is 15.7. The van der Waals surface area contributed by atoms with E-state index in [1.165, 1.54) is 11.1 Å². The molecule has 0 saturated heterocycles. The number of hydrogen-bond donors (Lipinski definition) is 0. The zero-order valence-electron chi connectivity index (χ0n) is 15.7. The molecule has 1 aliphatic heterocycles. The topological polar surface area (TPSA) is 51.0 Å². The van der Waals surface area contributed by atoms with Crippen molar-refractivity contribution in [2.45, 2.75) is 45.2 Å². The Balaban J connectivity index is 1.82. The Bertz CT molecular complexity index is 917. The van der Waals surface area contributed by atoms with Crippen molar-refractivity contribution in [3.05, 3.63) is 77.6 Å². The molecular weight excluding hydrogens is 336 g/mol. The van der Waals surface area contributed by atoms with Gasteiger partial charge in [-0.2, -0.15) is 10.1 Å². The number of aromatic nitrogens is 3. The average Bonchev–Trinajstić information content (AvgIpc) is 3.18. The van der Waals surface area contributed by atoms with E-state index in [1.807, 2.05) is 34.7 Å². The third kappa shape index (κ3) is 3.25. The molecule has 5 heteroatoms. The number of benzene rings is 2. The number of carbonyl (C=O) groups excluding carboxylic acids is 1. The van der Waals surface area contributed by atoms with Crippen LogP contribution in [0.3, 0.4) is 0 Å². The third-order valence-corrected chi connectivity index (χ3v) is 5.20. The summed E-state index contributed by atoms with van der Waals surface area (Å²) >= 11 is 0. The van der Waals surface area contributed by atoms with E-state index in [0.29, 0.717) is 12.4 Å². The lowest BCUT2D eigenvalue weighted by Crippen LogP contribution is -2.42. The zero-order chi connectivity index (χ0) is 18.8. The van der Waals surface area contributed by atoms with Gasteiger partial charge < -0.3 is 0 Å². The first-order valence-corrected chi connectivity index (χ1v) is 9.52. The number of carbonyl (C=O) groups is 1. The van der Waals surface area contributed by atoms with Crippen LogP contribution in [0, 0.1) is 6.92 Å². The molecule has 27 heavy (non-hydrogen) atoms. The number of rotatable bonds is 4. The van der Waals surface area contributed by atoms with Gasteiger partial charge in [-0.25, -0.2) is 4.68 Å². The van der Waals surface area contributed by atoms with Gasteiger partial charge in [-0.05, 0) is 30.9 Å². The van der Waals surface area contributed by atoms with Gasteiger partial charge in [0.05, 0.1) is 12.1 Å². The molecule has 5 nitrogen and oxygen atoms in total. The molecular formula is C22H24N4O. The first-order chi connectivity index (χ1) is 13.2. The van der Waals surface area contributed by atoms with E-state index in [9.17, 15) is 4.79 Å². The number of aryl methyl sites for hydroxylation is 1. The Labute approximate surface area is 159 Å². The van der Waals surface area contributed by atoms with Crippen LogP contribution in [-0.4, -0.2) is 20.7 Å². The van der Waals surface area contributed by atoms with E-state index in [1.54, 1.807) is 6.33 Å². The van der Waals surface area contributed by atoms with Crippen LogP contribution >= 0.6 is 0 Å². The van der Waals surface area contributed by atoms with Crippen molar-refractivity contribution in [3.8, 4) is 0 Å². The van der Waals surface area contributed by atoms with Crippen molar-refractivity contribution in [1.82, 2.24) is 14.8 Å². The van der Waals surface area contributed by atoms with Gasteiger partial charge in [-0.3, -0.25) is 9.69 Å². The molecule has 1 aliphatic rings. The molecule has 1 amide bonds. The molecule has 0 N–H and O–H groups in total. The fourth-order valence-electron chi connectivity index (χ4n) is 3.84. The maximum atomic E-state index is 13.0. The standard InChI is InChI=1S/C22H24N4O/c1-3-7-21(27)25-19(17-8-5-4-6-9-17)14-20(26-22(25)23-15-24-26)18-12-10-16(2)11-13-18/h4-6,8-13,15,19-20H,3,7,14H2,1-2H3/t19-,20+/m1/s1. The number of nitrogens with zero attached hydrogens (tertiary/aromatic N) is 4. The van der Waals surface area contributed by atoms with Crippen molar-refractivity contribution in [2.24, 2.45) is 0 Å². The summed E-state index contributed by atoms with van der Waals surface area (Å²) in [4.78, 5) is 19.3. The monoisotopic (exact) mass is 360 g/mol. The van der Waals surface area contributed by atoms with E-state index in [4.69, 9.17) is 0 Å². The summed E-state index contributed by atoms with van der Waals surface area (Å²) in [6.07, 6.45) is 3.65. The maximum absolute atomic E-state index is 13.0. The fraction of sp³-hybridized carbons (Fsp3) is 0.318. The lowest BCUT2D eigenvalue weighted by molar-refractivity contribution is -0.119. The number of anilines is 1. The fourth-order valence-corrected chi connectivity index (χ4v) is 3.84. The number of hydrogen-bond acceptors (Lipinski definition) is 3. The summed E-state index contributed by atoms with van der Waals surface area (Å²) in [5.41, 5.74) is 3.55. The van der Waals surface area contributed by atoms with Crippen molar-refractivity contribution >= 4 is 11.9 Å². The average molecular weight is 360 g/mol. The summed E-state index contributed by atoms with van der Waals surface area (Å²) < 4.78 is 1.90. The van der Waals surface area contributed by atoms with Gasteiger partial charge in [0.1, 0.15) is 6.33 Å². The minimum Gasteiger partial charge on any atom is -0.274 e. The van der Waals surface area contributed by atoms with E-state index in [-0.39, 0.29) is 18.0 Å². The van der Waals surface area contributed by atoms with Crippen LogP contribution < -0.4 is 4.90 Å². The molecule has 2 aromatic carbocycles. The third-order valence-electron chi connectivity index (χ3n) is 5.20. The molecule has 0 aliphatic carbocycles. The van der Waals surface area contributed by atoms with Crippen LogP contribution in [0.15, 0.2) is 60.9 Å². The van der Waals surface area contributed by atoms with Crippen LogP contribution in [0.5, 0.6) is 0 Å².